The van der Waals surface area contributed by atoms with Gasteiger partial charge in [-0.3, -0.25) is 4.79 Å². The Bertz CT molecular complexity index is 1060. The van der Waals surface area contributed by atoms with Crippen LogP contribution in [0.5, 0.6) is 11.5 Å². The lowest BCUT2D eigenvalue weighted by atomic mass is 9.90. The molecule has 1 amide bonds. The number of methoxy groups -OCH3 is 1. The fourth-order valence-corrected chi connectivity index (χ4v) is 5.08. The first-order valence-electron chi connectivity index (χ1n) is 9.35. The van der Waals surface area contributed by atoms with Gasteiger partial charge in [-0.05, 0) is 32.0 Å². The third kappa shape index (κ3) is 4.90. The van der Waals surface area contributed by atoms with Gasteiger partial charge in [-0.25, -0.2) is 13.1 Å². The molecule has 0 aliphatic carbocycles. The zero-order chi connectivity index (χ0) is 22.3. The first-order valence-corrected chi connectivity index (χ1v) is 11.6. The number of rotatable bonds is 5. The lowest BCUT2D eigenvalue weighted by molar-refractivity contribution is -0.123. The van der Waals surface area contributed by atoms with Gasteiger partial charge in [0.2, 0.25) is 15.4 Å². The van der Waals surface area contributed by atoms with Gasteiger partial charge in [0.25, 0.3) is 10.0 Å². The summed E-state index contributed by atoms with van der Waals surface area (Å²) >= 11 is 0.801. The Labute approximate surface area is 180 Å². The van der Waals surface area contributed by atoms with Gasteiger partial charge in [0.15, 0.2) is 0 Å². The van der Waals surface area contributed by atoms with Crippen LogP contribution in [-0.4, -0.2) is 37.2 Å². The van der Waals surface area contributed by atoms with E-state index in [2.05, 4.69) is 20.2 Å². The second-order valence-electron chi connectivity index (χ2n) is 8.72. The van der Waals surface area contributed by atoms with E-state index in [9.17, 15) is 13.2 Å². The molecule has 1 aromatic carbocycles. The van der Waals surface area contributed by atoms with Crippen molar-refractivity contribution in [3.8, 4) is 11.5 Å². The first-order chi connectivity index (χ1) is 13.8. The molecular weight excluding hydrogens is 428 g/mol. The second kappa shape index (κ2) is 7.78. The fraction of sp³-hybridized carbons (Fsp3) is 0.526. The number of benzene rings is 1. The van der Waals surface area contributed by atoms with Crippen molar-refractivity contribution >= 4 is 32.4 Å². The molecule has 0 unspecified atom stereocenters. The van der Waals surface area contributed by atoms with Crippen molar-refractivity contribution in [2.24, 2.45) is 5.41 Å². The number of nitrogens with zero attached hydrogens (tertiary/aromatic N) is 2. The highest BCUT2D eigenvalue weighted by Gasteiger charge is 2.37. The predicted molar refractivity (Wildman–Crippen MR) is 113 cm³/mol. The van der Waals surface area contributed by atoms with Crippen molar-refractivity contribution in [3.63, 3.8) is 0 Å². The third-order valence-electron chi connectivity index (χ3n) is 4.51. The van der Waals surface area contributed by atoms with E-state index in [1.807, 2.05) is 13.8 Å². The maximum atomic E-state index is 13.0. The van der Waals surface area contributed by atoms with Gasteiger partial charge in [0, 0.05) is 17.4 Å². The molecule has 1 atom stereocenters. The molecule has 164 valence electrons. The maximum Gasteiger partial charge on any atom is 0.270 e. The van der Waals surface area contributed by atoms with Crippen molar-refractivity contribution in [3.05, 3.63) is 23.8 Å². The SMILES string of the molecule is COc1ccc2c(c1)[C@H](NS(=O)(=O)c1nnc(NC(=O)C(C)(C)C)s1)CC(C)(C)O2. The van der Waals surface area contributed by atoms with Gasteiger partial charge in [-0.2, -0.15) is 0 Å². The summed E-state index contributed by atoms with van der Waals surface area (Å²) in [4.78, 5) is 12.1. The van der Waals surface area contributed by atoms with Gasteiger partial charge in [0.1, 0.15) is 17.1 Å². The zero-order valence-electron chi connectivity index (χ0n) is 17.8. The monoisotopic (exact) mass is 454 g/mol. The normalized spacial score (nSPS) is 18.3. The molecule has 2 heterocycles. The number of nitrogens with one attached hydrogen (secondary N) is 2. The molecule has 3 rings (SSSR count). The largest absolute Gasteiger partial charge is 0.497 e. The van der Waals surface area contributed by atoms with Crippen LogP contribution in [-0.2, 0) is 14.8 Å². The summed E-state index contributed by atoms with van der Waals surface area (Å²) in [5.74, 6) is 0.919. The molecule has 0 spiro atoms. The van der Waals surface area contributed by atoms with Gasteiger partial charge < -0.3 is 14.8 Å². The second-order valence-corrected chi connectivity index (χ2v) is 11.6. The Kier molecular flexibility index (Phi) is 5.82. The minimum Gasteiger partial charge on any atom is -0.497 e. The molecule has 1 aromatic heterocycles. The Balaban J connectivity index is 1.86. The highest BCUT2D eigenvalue weighted by atomic mass is 32.2. The average molecular weight is 455 g/mol. The molecular formula is C19H26N4O5S2. The Morgan fingerprint density at radius 1 is 1.30 bits per heavy atom. The third-order valence-corrected chi connectivity index (χ3v) is 7.19. The molecule has 0 fully saturated rings. The number of hydrogen-bond donors (Lipinski definition) is 2. The van der Waals surface area contributed by atoms with E-state index in [1.54, 1.807) is 46.1 Å². The number of amides is 1. The van der Waals surface area contributed by atoms with Crippen LogP contribution in [0.25, 0.3) is 0 Å². The summed E-state index contributed by atoms with van der Waals surface area (Å²) in [7, 11) is -2.43. The van der Waals surface area contributed by atoms with Crippen LogP contribution in [0.2, 0.25) is 0 Å². The topological polar surface area (TPSA) is 120 Å². The maximum absolute atomic E-state index is 13.0. The number of carbonyl (C=O) groups is 1. The quantitative estimate of drug-likeness (QED) is 0.666. The molecule has 2 N–H and O–H groups in total. The van der Waals surface area contributed by atoms with Crippen molar-refractivity contribution in [2.75, 3.05) is 12.4 Å². The predicted octanol–water partition coefficient (Wildman–Crippen LogP) is 3.11. The minimum absolute atomic E-state index is 0.129. The Morgan fingerprint density at radius 3 is 2.63 bits per heavy atom. The van der Waals surface area contributed by atoms with E-state index < -0.39 is 27.1 Å². The van der Waals surface area contributed by atoms with Crippen molar-refractivity contribution in [2.45, 2.75) is 57.0 Å². The molecule has 0 saturated carbocycles. The van der Waals surface area contributed by atoms with Crippen LogP contribution in [0.15, 0.2) is 22.5 Å². The smallest absolute Gasteiger partial charge is 0.270 e. The van der Waals surface area contributed by atoms with Gasteiger partial charge in [0.05, 0.1) is 13.2 Å². The lowest BCUT2D eigenvalue weighted by Crippen LogP contribution is -2.41. The summed E-state index contributed by atoms with van der Waals surface area (Å²) in [6, 6.07) is 4.75. The highest BCUT2D eigenvalue weighted by Crippen LogP contribution is 2.42. The van der Waals surface area contributed by atoms with Crippen LogP contribution in [0.4, 0.5) is 5.13 Å². The molecule has 0 radical (unpaired) electrons. The zero-order valence-corrected chi connectivity index (χ0v) is 19.4. The summed E-state index contributed by atoms with van der Waals surface area (Å²) in [6.07, 6.45) is 0.415. The van der Waals surface area contributed by atoms with Crippen LogP contribution < -0.4 is 19.5 Å². The van der Waals surface area contributed by atoms with Gasteiger partial charge in [-0.1, -0.05) is 32.1 Å². The van der Waals surface area contributed by atoms with E-state index in [0.717, 1.165) is 11.3 Å². The van der Waals surface area contributed by atoms with Crippen LogP contribution in [0.3, 0.4) is 0 Å². The molecule has 0 saturated heterocycles. The van der Waals surface area contributed by atoms with Gasteiger partial charge in [-0.15, -0.1) is 10.2 Å². The number of anilines is 1. The van der Waals surface area contributed by atoms with Crippen LogP contribution in [0.1, 0.15) is 52.6 Å². The molecule has 1 aliphatic heterocycles. The summed E-state index contributed by atoms with van der Waals surface area (Å²) in [6.45, 7) is 9.04. The molecule has 1 aliphatic rings. The number of hydrogen-bond acceptors (Lipinski definition) is 8. The summed E-state index contributed by atoms with van der Waals surface area (Å²) in [5.41, 5.74) is -0.524. The standard InChI is InChI=1S/C19H26N4O5S2/c1-18(2,3)15(24)20-16-21-22-17(29-16)30(25,26)23-13-10-19(4,5)28-14-8-7-11(27-6)9-12(13)14/h7-9,13,23H,10H2,1-6H3,(H,20,21,24)/t13-/m1/s1. The Morgan fingerprint density at radius 2 is 2.00 bits per heavy atom. The van der Waals surface area contributed by atoms with Crippen molar-refractivity contribution in [1.82, 2.24) is 14.9 Å². The molecule has 11 heteroatoms. The van der Waals surface area contributed by atoms with E-state index >= 15 is 0 Å². The van der Waals surface area contributed by atoms with Gasteiger partial charge >= 0.3 is 0 Å². The van der Waals surface area contributed by atoms with E-state index in [0.29, 0.717) is 23.5 Å². The lowest BCUT2D eigenvalue weighted by Gasteiger charge is -2.37. The van der Waals surface area contributed by atoms with E-state index in [1.165, 1.54) is 0 Å². The van der Waals surface area contributed by atoms with Crippen molar-refractivity contribution in [1.29, 1.82) is 0 Å². The molecule has 30 heavy (non-hydrogen) atoms. The Hall–Kier alpha value is -2.24. The number of sulfonamides is 1. The molecule has 0 bridgehead atoms. The molecule has 2 aromatic rings. The number of fused-ring (bicyclic) bond motifs is 1. The van der Waals surface area contributed by atoms with Crippen molar-refractivity contribution < 1.29 is 22.7 Å². The minimum atomic E-state index is -3.98. The number of carbonyl (C=O) groups excluding carboxylic acids is 1. The van der Waals surface area contributed by atoms with E-state index in [-0.39, 0.29) is 15.4 Å². The summed E-state index contributed by atoms with van der Waals surface area (Å²) < 4.78 is 39.7. The van der Waals surface area contributed by atoms with Crippen LogP contribution in [0, 0.1) is 5.41 Å². The summed E-state index contributed by atoms with van der Waals surface area (Å²) in [5, 5.41) is 10.3. The highest BCUT2D eigenvalue weighted by molar-refractivity contribution is 7.91. The first kappa shape index (κ1) is 22.4. The van der Waals surface area contributed by atoms with E-state index in [4.69, 9.17) is 9.47 Å². The average Bonchev–Trinajstić information content (AvgIpc) is 3.09. The fourth-order valence-electron chi connectivity index (χ4n) is 2.96. The number of ether oxygens (including phenoxy) is 2. The molecule has 9 nitrogen and oxygen atoms in total. The number of aromatic nitrogens is 2. The van der Waals surface area contributed by atoms with Crippen LogP contribution >= 0.6 is 11.3 Å².